The normalized spacial score (nSPS) is 12.5. The van der Waals surface area contributed by atoms with Gasteiger partial charge in [-0.25, -0.2) is 0 Å². The molecule has 0 saturated carbocycles. The molecule has 1 aromatic carbocycles. The fraction of sp³-hybridized carbons (Fsp3) is 0.571. The highest BCUT2D eigenvalue weighted by molar-refractivity contribution is 6.33. The zero-order chi connectivity index (χ0) is 14.3. The maximum atomic E-state index is 9.55. The van der Waals surface area contributed by atoms with E-state index in [4.69, 9.17) is 21.1 Å². The molecule has 5 heteroatoms. The van der Waals surface area contributed by atoms with Crippen LogP contribution in [-0.4, -0.2) is 45.6 Å². The Kier molecular flexibility index (Phi) is 7.16. The molecule has 1 unspecified atom stereocenters. The first-order chi connectivity index (χ1) is 9.10. The van der Waals surface area contributed by atoms with E-state index in [1.807, 2.05) is 12.1 Å². The summed E-state index contributed by atoms with van der Waals surface area (Å²) in [5, 5.41) is 10.2. The first-order valence-electron chi connectivity index (χ1n) is 6.30. The number of benzene rings is 1. The number of anilines is 1. The van der Waals surface area contributed by atoms with Crippen LogP contribution in [0.4, 0.5) is 5.69 Å². The van der Waals surface area contributed by atoms with Crippen LogP contribution in [0.15, 0.2) is 18.2 Å². The van der Waals surface area contributed by atoms with Gasteiger partial charge in [0.05, 0.1) is 30.0 Å². The van der Waals surface area contributed by atoms with Crippen molar-refractivity contribution in [1.29, 1.82) is 0 Å². The van der Waals surface area contributed by atoms with Crippen LogP contribution in [0.3, 0.4) is 0 Å². The molecule has 0 aromatic heterocycles. The fourth-order valence-corrected chi connectivity index (χ4v) is 2.10. The van der Waals surface area contributed by atoms with Crippen LogP contribution in [0.25, 0.3) is 0 Å². The van der Waals surface area contributed by atoms with E-state index >= 15 is 0 Å². The van der Waals surface area contributed by atoms with Gasteiger partial charge in [0.25, 0.3) is 0 Å². The molecule has 108 valence electrons. The fourth-order valence-electron chi connectivity index (χ4n) is 1.80. The van der Waals surface area contributed by atoms with E-state index in [2.05, 4.69) is 4.90 Å². The predicted molar refractivity (Wildman–Crippen MR) is 78.1 cm³/mol. The number of ether oxygens (including phenoxy) is 2. The summed E-state index contributed by atoms with van der Waals surface area (Å²) in [6, 6.07) is 5.61. The van der Waals surface area contributed by atoms with E-state index in [-0.39, 0.29) is 0 Å². The number of nitrogens with zero attached hydrogens (tertiary/aromatic N) is 1. The highest BCUT2D eigenvalue weighted by atomic mass is 35.5. The van der Waals surface area contributed by atoms with Gasteiger partial charge in [-0.15, -0.1) is 0 Å². The molecule has 1 aromatic rings. The molecule has 0 radical (unpaired) electrons. The molecule has 0 saturated heterocycles. The van der Waals surface area contributed by atoms with Crippen molar-refractivity contribution >= 4 is 17.3 Å². The van der Waals surface area contributed by atoms with E-state index in [1.54, 1.807) is 27.2 Å². The Morgan fingerprint density at radius 2 is 1.79 bits per heavy atom. The lowest BCUT2D eigenvalue weighted by atomic mass is 10.1. The number of aliphatic hydroxyl groups excluding tert-OH is 1. The molecule has 0 amide bonds. The third-order valence-electron chi connectivity index (χ3n) is 2.93. The topological polar surface area (TPSA) is 41.9 Å². The molecule has 0 heterocycles. The molecule has 0 aliphatic carbocycles. The Hall–Kier alpha value is -0.810. The van der Waals surface area contributed by atoms with Gasteiger partial charge in [0.2, 0.25) is 0 Å². The second kappa shape index (κ2) is 8.38. The van der Waals surface area contributed by atoms with E-state index in [9.17, 15) is 5.11 Å². The van der Waals surface area contributed by atoms with Crippen LogP contribution in [0.5, 0.6) is 0 Å². The number of rotatable bonds is 8. The molecular weight excluding hydrogens is 266 g/mol. The molecule has 19 heavy (non-hydrogen) atoms. The standard InChI is InChI=1S/C14H22ClNO3/c1-11(17)12-4-5-14(13(15)10-12)16(6-8-18-2)7-9-19-3/h4-5,10-11,17H,6-9H2,1-3H3. The van der Waals surface area contributed by atoms with Crippen LogP contribution in [0.2, 0.25) is 5.02 Å². The van der Waals surface area contributed by atoms with Gasteiger partial charge in [0, 0.05) is 27.3 Å². The van der Waals surface area contributed by atoms with Crippen molar-refractivity contribution in [3.63, 3.8) is 0 Å². The zero-order valence-electron chi connectivity index (χ0n) is 11.7. The van der Waals surface area contributed by atoms with Gasteiger partial charge in [0.1, 0.15) is 0 Å². The highest BCUT2D eigenvalue weighted by Gasteiger charge is 2.12. The van der Waals surface area contributed by atoms with Crippen molar-refractivity contribution in [3.8, 4) is 0 Å². The van der Waals surface area contributed by atoms with E-state index in [1.165, 1.54) is 0 Å². The average molecular weight is 288 g/mol. The van der Waals surface area contributed by atoms with Crippen molar-refractivity contribution in [2.75, 3.05) is 45.4 Å². The molecular formula is C14H22ClNO3. The zero-order valence-corrected chi connectivity index (χ0v) is 12.5. The van der Waals surface area contributed by atoms with Gasteiger partial charge >= 0.3 is 0 Å². The van der Waals surface area contributed by atoms with Crippen LogP contribution in [-0.2, 0) is 9.47 Å². The number of methoxy groups -OCH3 is 2. The van der Waals surface area contributed by atoms with E-state index in [0.717, 1.165) is 24.3 Å². The second-order valence-corrected chi connectivity index (χ2v) is 4.77. The number of hydrogen-bond acceptors (Lipinski definition) is 4. The summed E-state index contributed by atoms with van der Waals surface area (Å²) < 4.78 is 10.2. The summed E-state index contributed by atoms with van der Waals surface area (Å²) >= 11 is 6.29. The van der Waals surface area contributed by atoms with Crippen molar-refractivity contribution in [1.82, 2.24) is 0 Å². The van der Waals surface area contributed by atoms with Gasteiger partial charge in [0.15, 0.2) is 0 Å². The monoisotopic (exact) mass is 287 g/mol. The third-order valence-corrected chi connectivity index (χ3v) is 3.23. The van der Waals surface area contributed by atoms with Crippen LogP contribution < -0.4 is 4.90 Å². The Morgan fingerprint density at radius 3 is 2.21 bits per heavy atom. The Morgan fingerprint density at radius 1 is 1.21 bits per heavy atom. The van der Waals surface area contributed by atoms with Crippen LogP contribution >= 0.6 is 11.6 Å². The summed E-state index contributed by atoms with van der Waals surface area (Å²) in [6.07, 6.45) is -0.516. The summed E-state index contributed by atoms with van der Waals surface area (Å²) in [5.74, 6) is 0. The second-order valence-electron chi connectivity index (χ2n) is 4.36. The molecule has 0 spiro atoms. The van der Waals surface area contributed by atoms with Gasteiger partial charge in [-0.05, 0) is 24.6 Å². The minimum atomic E-state index is -0.516. The Bertz CT molecular complexity index is 377. The molecule has 1 atom stereocenters. The predicted octanol–water partition coefficient (Wildman–Crippen LogP) is 2.49. The molecule has 0 fully saturated rings. The molecule has 0 bridgehead atoms. The van der Waals surface area contributed by atoms with Crippen LogP contribution in [0.1, 0.15) is 18.6 Å². The Balaban J connectivity index is 2.87. The van der Waals surface area contributed by atoms with E-state index in [0.29, 0.717) is 18.2 Å². The third kappa shape index (κ3) is 4.99. The smallest absolute Gasteiger partial charge is 0.0762 e. The molecule has 0 aliphatic heterocycles. The number of halogens is 1. The van der Waals surface area contributed by atoms with Crippen molar-refractivity contribution < 1.29 is 14.6 Å². The van der Waals surface area contributed by atoms with Crippen molar-refractivity contribution in [2.45, 2.75) is 13.0 Å². The minimum absolute atomic E-state index is 0.516. The molecule has 4 nitrogen and oxygen atoms in total. The lowest BCUT2D eigenvalue weighted by molar-refractivity contribution is 0.190. The largest absolute Gasteiger partial charge is 0.389 e. The minimum Gasteiger partial charge on any atom is -0.389 e. The SMILES string of the molecule is COCCN(CCOC)c1ccc(C(C)O)cc1Cl. The lowest BCUT2D eigenvalue weighted by Gasteiger charge is -2.25. The Labute approximate surface area is 119 Å². The van der Waals surface area contributed by atoms with Gasteiger partial charge in [-0.1, -0.05) is 17.7 Å². The van der Waals surface area contributed by atoms with Gasteiger partial charge in [-0.2, -0.15) is 0 Å². The van der Waals surface area contributed by atoms with Crippen LogP contribution in [0, 0.1) is 0 Å². The lowest BCUT2D eigenvalue weighted by Crippen LogP contribution is -2.30. The molecule has 1 rings (SSSR count). The first-order valence-corrected chi connectivity index (χ1v) is 6.68. The highest BCUT2D eigenvalue weighted by Crippen LogP contribution is 2.28. The summed E-state index contributed by atoms with van der Waals surface area (Å²) in [5.41, 5.74) is 1.74. The summed E-state index contributed by atoms with van der Waals surface area (Å²) in [7, 11) is 3.35. The molecule has 0 aliphatic rings. The number of aliphatic hydroxyl groups is 1. The molecule has 1 N–H and O–H groups in total. The quantitative estimate of drug-likeness (QED) is 0.798. The first kappa shape index (κ1) is 16.2. The summed E-state index contributed by atoms with van der Waals surface area (Å²) in [6.45, 7) is 4.45. The maximum absolute atomic E-state index is 9.55. The average Bonchev–Trinajstić information content (AvgIpc) is 2.39. The van der Waals surface area contributed by atoms with Crippen molar-refractivity contribution in [3.05, 3.63) is 28.8 Å². The number of hydrogen-bond donors (Lipinski definition) is 1. The van der Waals surface area contributed by atoms with Gasteiger partial charge < -0.3 is 19.5 Å². The summed E-state index contributed by atoms with van der Waals surface area (Å²) in [4.78, 5) is 2.11. The van der Waals surface area contributed by atoms with Gasteiger partial charge in [-0.3, -0.25) is 0 Å². The maximum Gasteiger partial charge on any atom is 0.0762 e. The van der Waals surface area contributed by atoms with E-state index < -0.39 is 6.10 Å². The van der Waals surface area contributed by atoms with Crippen molar-refractivity contribution in [2.24, 2.45) is 0 Å².